The molecule has 28 heavy (non-hydrogen) atoms. The van der Waals surface area contributed by atoms with Gasteiger partial charge in [-0.2, -0.15) is 0 Å². The van der Waals surface area contributed by atoms with Crippen molar-refractivity contribution in [1.29, 1.82) is 0 Å². The Hall–Kier alpha value is -2.29. The van der Waals surface area contributed by atoms with E-state index in [0.29, 0.717) is 24.5 Å². The summed E-state index contributed by atoms with van der Waals surface area (Å²) in [6.45, 7) is 3.85. The Morgan fingerprint density at radius 1 is 1.25 bits per heavy atom. The minimum atomic E-state index is -3.12. The Labute approximate surface area is 164 Å². The molecule has 1 aromatic carbocycles. The Morgan fingerprint density at radius 2 is 1.96 bits per heavy atom. The van der Waals surface area contributed by atoms with E-state index in [1.165, 1.54) is 4.90 Å². The fraction of sp³-hybridized carbons (Fsp3) is 0.579. The first-order valence-corrected chi connectivity index (χ1v) is 11.1. The molecular weight excluding hydrogens is 386 g/mol. The van der Waals surface area contributed by atoms with E-state index in [2.05, 4.69) is 0 Å². The monoisotopic (exact) mass is 411 g/mol. The van der Waals surface area contributed by atoms with Gasteiger partial charge >= 0.3 is 5.97 Å². The van der Waals surface area contributed by atoms with E-state index in [9.17, 15) is 18.0 Å². The topological polar surface area (TPSA) is 99.2 Å². The maximum atomic E-state index is 12.6. The van der Waals surface area contributed by atoms with E-state index in [1.54, 1.807) is 24.3 Å². The highest BCUT2D eigenvalue weighted by molar-refractivity contribution is 7.91. The SMILES string of the molecule is CC(C)CN(C(=O)COC(=O)[C@H]1COc2ccccc2O1)[C@@H]1CCS(=O)(=O)C1. The Kier molecular flexibility index (Phi) is 6.12. The minimum absolute atomic E-state index is 0.000609. The first-order chi connectivity index (χ1) is 13.2. The molecule has 0 radical (unpaired) electrons. The molecule has 0 saturated carbocycles. The molecular formula is C19H25NO7S. The van der Waals surface area contributed by atoms with E-state index in [-0.39, 0.29) is 30.1 Å². The third-order valence-electron chi connectivity index (χ3n) is 4.64. The zero-order valence-electron chi connectivity index (χ0n) is 16.0. The van der Waals surface area contributed by atoms with Crippen LogP contribution in [0.2, 0.25) is 0 Å². The van der Waals surface area contributed by atoms with Crippen molar-refractivity contribution >= 4 is 21.7 Å². The lowest BCUT2D eigenvalue weighted by molar-refractivity contribution is -0.160. The lowest BCUT2D eigenvalue weighted by Gasteiger charge is -2.30. The second kappa shape index (κ2) is 8.38. The fourth-order valence-electron chi connectivity index (χ4n) is 3.31. The van der Waals surface area contributed by atoms with E-state index in [0.717, 1.165) is 0 Å². The average molecular weight is 411 g/mol. The summed E-state index contributed by atoms with van der Waals surface area (Å²) in [6.07, 6.45) is -0.543. The average Bonchev–Trinajstić information content (AvgIpc) is 3.02. The maximum Gasteiger partial charge on any atom is 0.351 e. The van der Waals surface area contributed by atoms with Crippen molar-refractivity contribution in [2.45, 2.75) is 32.4 Å². The van der Waals surface area contributed by atoms with Crippen LogP contribution in [-0.2, 0) is 24.2 Å². The number of fused-ring (bicyclic) bond motifs is 1. The van der Waals surface area contributed by atoms with Gasteiger partial charge in [0.2, 0.25) is 6.10 Å². The van der Waals surface area contributed by atoms with Gasteiger partial charge in [-0.1, -0.05) is 26.0 Å². The van der Waals surface area contributed by atoms with Crippen LogP contribution in [0.4, 0.5) is 0 Å². The molecule has 0 aromatic heterocycles. The van der Waals surface area contributed by atoms with Crippen LogP contribution in [0.25, 0.3) is 0 Å². The van der Waals surface area contributed by atoms with Crippen molar-refractivity contribution in [3.63, 3.8) is 0 Å². The van der Waals surface area contributed by atoms with E-state index < -0.39 is 34.4 Å². The Balaban J connectivity index is 1.57. The summed E-state index contributed by atoms with van der Waals surface area (Å²) in [5.74, 6) is 0.0943. The fourth-order valence-corrected chi connectivity index (χ4v) is 5.04. The van der Waals surface area contributed by atoms with Gasteiger partial charge in [0.05, 0.1) is 11.5 Å². The van der Waals surface area contributed by atoms with Crippen molar-refractivity contribution in [2.24, 2.45) is 5.92 Å². The smallest absolute Gasteiger partial charge is 0.351 e. The van der Waals surface area contributed by atoms with Crippen molar-refractivity contribution in [3.05, 3.63) is 24.3 Å². The molecule has 0 bridgehead atoms. The summed E-state index contributed by atoms with van der Waals surface area (Å²) in [5.41, 5.74) is 0. The second-order valence-electron chi connectivity index (χ2n) is 7.47. The molecule has 0 N–H and O–H groups in total. The molecule has 2 aliphatic heterocycles. The number of carbonyl (C=O) groups excluding carboxylic acids is 2. The normalized spacial score (nSPS) is 22.7. The summed E-state index contributed by atoms with van der Waals surface area (Å²) in [4.78, 5) is 26.5. The van der Waals surface area contributed by atoms with E-state index in [4.69, 9.17) is 14.2 Å². The van der Waals surface area contributed by atoms with Crippen LogP contribution in [0.3, 0.4) is 0 Å². The van der Waals surface area contributed by atoms with Gasteiger partial charge in [0.25, 0.3) is 5.91 Å². The van der Waals surface area contributed by atoms with E-state index >= 15 is 0 Å². The van der Waals surface area contributed by atoms with Crippen LogP contribution in [0.5, 0.6) is 11.5 Å². The quantitative estimate of drug-likeness (QED) is 0.645. The van der Waals surface area contributed by atoms with Crippen LogP contribution < -0.4 is 9.47 Å². The summed E-state index contributed by atoms with van der Waals surface area (Å²) < 4.78 is 39.7. The number of carbonyl (C=O) groups is 2. The second-order valence-corrected chi connectivity index (χ2v) is 9.70. The highest BCUT2D eigenvalue weighted by atomic mass is 32.2. The summed E-state index contributed by atoms with van der Waals surface area (Å²) in [5, 5.41) is 0. The predicted molar refractivity (Wildman–Crippen MR) is 101 cm³/mol. The first-order valence-electron chi connectivity index (χ1n) is 9.30. The standard InChI is InChI=1S/C19H25NO7S/c1-13(2)9-20(14-7-8-28(23,24)12-14)18(21)11-26-19(22)17-10-25-15-5-3-4-6-16(15)27-17/h3-6,13-14,17H,7-12H2,1-2H3/t14-,17-/m1/s1. The molecule has 154 valence electrons. The molecule has 0 unspecified atom stereocenters. The molecule has 1 fully saturated rings. The minimum Gasteiger partial charge on any atom is -0.485 e. The number of nitrogens with zero attached hydrogens (tertiary/aromatic N) is 1. The molecule has 1 aromatic rings. The van der Waals surface area contributed by atoms with Crippen molar-refractivity contribution in [1.82, 2.24) is 4.90 Å². The lowest BCUT2D eigenvalue weighted by Crippen LogP contribution is -2.46. The van der Waals surface area contributed by atoms with Crippen LogP contribution in [0.1, 0.15) is 20.3 Å². The number of hydrogen-bond donors (Lipinski definition) is 0. The number of hydrogen-bond acceptors (Lipinski definition) is 7. The highest BCUT2D eigenvalue weighted by Crippen LogP contribution is 2.31. The first kappa shape index (κ1) is 20.4. The molecule has 3 rings (SSSR count). The maximum absolute atomic E-state index is 12.6. The lowest BCUT2D eigenvalue weighted by atomic mass is 10.1. The number of amides is 1. The molecule has 9 heteroatoms. The molecule has 2 atom stereocenters. The summed E-state index contributed by atoms with van der Waals surface area (Å²) in [6, 6.07) is 6.61. The summed E-state index contributed by atoms with van der Waals surface area (Å²) in [7, 11) is -3.12. The zero-order chi connectivity index (χ0) is 20.3. The van der Waals surface area contributed by atoms with Gasteiger partial charge in [-0.05, 0) is 24.5 Å². The Bertz CT molecular complexity index is 836. The van der Waals surface area contributed by atoms with Gasteiger partial charge in [0, 0.05) is 12.6 Å². The largest absolute Gasteiger partial charge is 0.485 e. The predicted octanol–water partition coefficient (Wildman–Crippen LogP) is 1.04. The van der Waals surface area contributed by atoms with Crippen molar-refractivity contribution in [2.75, 3.05) is 31.3 Å². The van der Waals surface area contributed by atoms with Crippen molar-refractivity contribution in [3.8, 4) is 11.5 Å². The number of sulfone groups is 1. The van der Waals surface area contributed by atoms with Crippen LogP contribution in [-0.4, -0.2) is 68.6 Å². The van der Waals surface area contributed by atoms with Gasteiger partial charge in [0.15, 0.2) is 27.9 Å². The summed E-state index contributed by atoms with van der Waals surface area (Å²) >= 11 is 0. The van der Waals surface area contributed by atoms with Gasteiger partial charge in [0.1, 0.15) is 6.61 Å². The number of ether oxygens (including phenoxy) is 3. The molecule has 1 amide bonds. The van der Waals surface area contributed by atoms with Crippen LogP contribution in [0, 0.1) is 5.92 Å². The van der Waals surface area contributed by atoms with Gasteiger partial charge in [-0.15, -0.1) is 0 Å². The van der Waals surface area contributed by atoms with E-state index in [1.807, 2.05) is 13.8 Å². The number of para-hydroxylation sites is 2. The molecule has 0 aliphatic carbocycles. The highest BCUT2D eigenvalue weighted by Gasteiger charge is 2.36. The third-order valence-corrected chi connectivity index (χ3v) is 6.39. The number of esters is 1. The van der Waals surface area contributed by atoms with Crippen LogP contribution >= 0.6 is 0 Å². The molecule has 2 heterocycles. The Morgan fingerprint density at radius 3 is 2.61 bits per heavy atom. The number of rotatable bonds is 6. The van der Waals surface area contributed by atoms with Crippen molar-refractivity contribution < 1.29 is 32.2 Å². The van der Waals surface area contributed by atoms with Crippen LogP contribution in [0.15, 0.2) is 24.3 Å². The van der Waals surface area contributed by atoms with Gasteiger partial charge < -0.3 is 19.1 Å². The molecule has 0 spiro atoms. The number of benzene rings is 1. The molecule has 1 saturated heterocycles. The van der Waals surface area contributed by atoms with Gasteiger partial charge in [-0.3, -0.25) is 4.79 Å². The molecule has 8 nitrogen and oxygen atoms in total. The zero-order valence-corrected chi connectivity index (χ0v) is 16.8. The molecule has 2 aliphatic rings. The third kappa shape index (κ3) is 4.95. The van der Waals surface area contributed by atoms with Gasteiger partial charge in [-0.25, -0.2) is 13.2 Å².